The number of rotatable bonds is 3. The van der Waals surface area contributed by atoms with Crippen molar-refractivity contribution in [3.63, 3.8) is 0 Å². The minimum atomic E-state index is -4.43. The van der Waals surface area contributed by atoms with Crippen LogP contribution in [0.25, 0.3) is 0 Å². The number of nitrogens with zero attached hydrogens (tertiary/aromatic N) is 4. The molecule has 11 heteroatoms. The van der Waals surface area contributed by atoms with Gasteiger partial charge in [0.05, 0.1) is 22.7 Å². The fourth-order valence-corrected chi connectivity index (χ4v) is 4.77. The van der Waals surface area contributed by atoms with Gasteiger partial charge in [-0.2, -0.15) is 22.7 Å². The van der Waals surface area contributed by atoms with E-state index < -0.39 is 21.1 Å². The highest BCUT2D eigenvalue weighted by atomic mass is 32.2. The number of thiazole rings is 1. The molecule has 0 unspecified atom stereocenters. The number of nitriles is 1. The zero-order valence-electron chi connectivity index (χ0n) is 13.3. The van der Waals surface area contributed by atoms with Crippen molar-refractivity contribution >= 4 is 26.5 Å². The molecule has 2 heterocycles. The Morgan fingerprint density at radius 1 is 1.12 bits per heavy atom. The quantitative estimate of drug-likeness (QED) is 0.789. The molecule has 0 amide bonds. The molecular formula is C15H13F3N4O2S2. The number of sulfonamides is 1. The summed E-state index contributed by atoms with van der Waals surface area (Å²) < 4.78 is 64.6. The third-order valence-corrected chi connectivity index (χ3v) is 6.92. The van der Waals surface area contributed by atoms with Gasteiger partial charge in [0.15, 0.2) is 5.13 Å². The van der Waals surface area contributed by atoms with Crippen LogP contribution < -0.4 is 4.90 Å². The van der Waals surface area contributed by atoms with Gasteiger partial charge in [-0.25, -0.2) is 13.4 Å². The highest BCUT2D eigenvalue weighted by molar-refractivity contribution is 7.89. The fourth-order valence-electron chi connectivity index (χ4n) is 2.51. The molecule has 0 radical (unpaired) electrons. The molecule has 0 N–H and O–H groups in total. The first-order chi connectivity index (χ1) is 12.2. The average molecular weight is 402 g/mol. The van der Waals surface area contributed by atoms with Crippen LogP contribution in [-0.2, 0) is 16.2 Å². The number of hydrogen-bond donors (Lipinski definition) is 0. The molecule has 1 aliphatic heterocycles. The second-order valence-electron chi connectivity index (χ2n) is 5.53. The summed E-state index contributed by atoms with van der Waals surface area (Å²) in [6.07, 6.45) is -3.64. The fraction of sp³-hybridized carbons (Fsp3) is 0.333. The highest BCUT2D eigenvalue weighted by Crippen LogP contribution is 2.36. The van der Waals surface area contributed by atoms with Gasteiger partial charge < -0.3 is 4.90 Å². The molecule has 138 valence electrons. The van der Waals surface area contributed by atoms with E-state index in [1.54, 1.807) is 4.90 Å². The summed E-state index contributed by atoms with van der Waals surface area (Å²) >= 11 is 0.547. The van der Waals surface area contributed by atoms with Crippen LogP contribution in [0.4, 0.5) is 18.3 Å². The smallest absolute Gasteiger partial charge is 0.345 e. The van der Waals surface area contributed by atoms with E-state index in [0.29, 0.717) is 16.9 Å². The Hall–Kier alpha value is -2.16. The maximum absolute atomic E-state index is 12.7. The Morgan fingerprint density at radius 3 is 2.23 bits per heavy atom. The maximum atomic E-state index is 12.7. The Kier molecular flexibility index (Phi) is 4.92. The second kappa shape index (κ2) is 6.86. The van der Waals surface area contributed by atoms with Gasteiger partial charge in [-0.3, -0.25) is 0 Å². The van der Waals surface area contributed by atoms with Gasteiger partial charge in [-0.1, -0.05) is 11.3 Å². The molecule has 3 rings (SSSR count). The Balaban J connectivity index is 1.69. The highest BCUT2D eigenvalue weighted by Gasteiger charge is 2.35. The van der Waals surface area contributed by atoms with E-state index in [1.807, 2.05) is 6.07 Å². The van der Waals surface area contributed by atoms with Gasteiger partial charge in [0, 0.05) is 26.2 Å². The summed E-state index contributed by atoms with van der Waals surface area (Å²) in [6.45, 7) is 0.785. The lowest BCUT2D eigenvalue weighted by Crippen LogP contribution is -2.48. The molecule has 1 aliphatic rings. The second-order valence-corrected chi connectivity index (χ2v) is 8.48. The molecule has 2 aromatic rings. The summed E-state index contributed by atoms with van der Waals surface area (Å²) in [5.74, 6) is 0. The Bertz CT molecular complexity index is 925. The van der Waals surface area contributed by atoms with Crippen LogP contribution >= 0.6 is 11.3 Å². The predicted octanol–water partition coefficient (Wildman–Crippen LogP) is 2.54. The van der Waals surface area contributed by atoms with Crippen molar-refractivity contribution in [1.29, 1.82) is 5.26 Å². The van der Waals surface area contributed by atoms with Crippen molar-refractivity contribution in [2.45, 2.75) is 11.1 Å². The van der Waals surface area contributed by atoms with Gasteiger partial charge >= 0.3 is 6.18 Å². The maximum Gasteiger partial charge on any atom is 0.427 e. The van der Waals surface area contributed by atoms with E-state index in [-0.39, 0.29) is 36.2 Å². The van der Waals surface area contributed by atoms with Crippen LogP contribution in [0.2, 0.25) is 0 Å². The summed E-state index contributed by atoms with van der Waals surface area (Å²) in [6, 6.07) is 7.52. The number of halogens is 3. The van der Waals surface area contributed by atoms with Gasteiger partial charge in [0.25, 0.3) is 0 Å². The third kappa shape index (κ3) is 3.67. The van der Waals surface area contributed by atoms with Crippen molar-refractivity contribution in [2.24, 2.45) is 0 Å². The normalized spacial score (nSPS) is 16.5. The van der Waals surface area contributed by atoms with Crippen LogP contribution in [0.5, 0.6) is 0 Å². The number of hydrogen-bond acceptors (Lipinski definition) is 6. The number of alkyl halides is 3. The first-order valence-corrected chi connectivity index (χ1v) is 9.76. The zero-order chi connectivity index (χ0) is 18.9. The molecule has 6 nitrogen and oxygen atoms in total. The van der Waals surface area contributed by atoms with Crippen LogP contribution in [0.15, 0.2) is 35.4 Å². The largest absolute Gasteiger partial charge is 0.427 e. The number of anilines is 1. The Morgan fingerprint density at radius 2 is 1.73 bits per heavy atom. The molecule has 0 saturated carbocycles. The molecule has 0 aliphatic carbocycles. The van der Waals surface area contributed by atoms with E-state index in [9.17, 15) is 21.6 Å². The summed E-state index contributed by atoms with van der Waals surface area (Å²) in [5.41, 5.74) is 0.359. The Labute approximate surface area is 152 Å². The lowest BCUT2D eigenvalue weighted by atomic mass is 10.2. The lowest BCUT2D eigenvalue weighted by molar-refractivity contribution is -0.134. The van der Waals surface area contributed by atoms with Gasteiger partial charge in [0.1, 0.15) is 4.88 Å². The molecular weight excluding hydrogens is 389 g/mol. The molecule has 1 aromatic carbocycles. The number of aromatic nitrogens is 1. The van der Waals surface area contributed by atoms with Crippen molar-refractivity contribution < 1.29 is 21.6 Å². The predicted molar refractivity (Wildman–Crippen MR) is 89.2 cm³/mol. The monoisotopic (exact) mass is 402 g/mol. The van der Waals surface area contributed by atoms with Crippen LogP contribution in [0.3, 0.4) is 0 Å². The van der Waals surface area contributed by atoms with Gasteiger partial charge in [-0.05, 0) is 24.3 Å². The van der Waals surface area contributed by atoms with Crippen molar-refractivity contribution in [3.05, 3.63) is 40.9 Å². The van der Waals surface area contributed by atoms with Gasteiger partial charge in [-0.15, -0.1) is 0 Å². The number of benzene rings is 1. The summed E-state index contributed by atoms with van der Waals surface area (Å²) in [5, 5.41) is 9.01. The van der Waals surface area contributed by atoms with Gasteiger partial charge in [0.2, 0.25) is 10.0 Å². The van der Waals surface area contributed by atoms with Crippen LogP contribution in [0, 0.1) is 11.3 Å². The van der Waals surface area contributed by atoms with Crippen molar-refractivity contribution in [2.75, 3.05) is 31.1 Å². The SMILES string of the molecule is N#Cc1ccc(S(=O)(=O)N2CCN(c3ncc(C(F)(F)F)s3)CC2)cc1. The molecule has 0 atom stereocenters. The average Bonchev–Trinajstić information content (AvgIpc) is 3.12. The topological polar surface area (TPSA) is 77.3 Å². The van der Waals surface area contributed by atoms with E-state index in [0.717, 1.165) is 6.20 Å². The first kappa shape index (κ1) is 18.6. The zero-order valence-corrected chi connectivity index (χ0v) is 14.9. The molecule has 0 spiro atoms. The summed E-state index contributed by atoms with van der Waals surface area (Å²) in [7, 11) is -3.71. The minimum absolute atomic E-state index is 0.0820. The van der Waals surface area contributed by atoms with Crippen LogP contribution in [0.1, 0.15) is 10.4 Å². The van der Waals surface area contributed by atoms with E-state index in [2.05, 4.69) is 4.98 Å². The third-order valence-electron chi connectivity index (χ3n) is 3.90. The molecule has 1 saturated heterocycles. The minimum Gasteiger partial charge on any atom is -0.345 e. The van der Waals surface area contributed by atoms with E-state index in [4.69, 9.17) is 5.26 Å². The van der Waals surface area contributed by atoms with E-state index >= 15 is 0 Å². The molecule has 0 bridgehead atoms. The first-order valence-electron chi connectivity index (χ1n) is 7.50. The van der Waals surface area contributed by atoms with E-state index in [1.165, 1.54) is 28.6 Å². The standard InChI is InChI=1S/C15H13F3N4O2S2/c16-15(17,18)13-10-20-14(25-13)21-5-7-22(8-6-21)26(23,24)12-3-1-11(9-19)2-4-12/h1-4,10H,5-8H2. The van der Waals surface area contributed by atoms with Crippen molar-refractivity contribution in [1.82, 2.24) is 9.29 Å². The summed E-state index contributed by atoms with van der Waals surface area (Å²) in [4.78, 5) is 4.74. The lowest BCUT2D eigenvalue weighted by Gasteiger charge is -2.33. The molecule has 1 fully saturated rings. The molecule has 1 aromatic heterocycles. The van der Waals surface area contributed by atoms with Crippen molar-refractivity contribution in [3.8, 4) is 6.07 Å². The molecule has 26 heavy (non-hydrogen) atoms. The van der Waals surface area contributed by atoms with Crippen LogP contribution in [-0.4, -0.2) is 43.9 Å². The number of piperazine rings is 1.